The van der Waals surface area contributed by atoms with Crippen LogP contribution in [0.15, 0.2) is 94.9 Å². The predicted octanol–water partition coefficient (Wildman–Crippen LogP) is 6.73. The van der Waals surface area contributed by atoms with Gasteiger partial charge >= 0.3 is 0 Å². The smallest absolute Gasteiger partial charge is 0.222 e. The molecule has 4 aromatic carbocycles. The average Bonchev–Trinajstić information content (AvgIpc) is 3.84. The van der Waals surface area contributed by atoms with Crippen LogP contribution in [0, 0.1) is 13.8 Å². The number of fused-ring (bicyclic) bond motifs is 6. The van der Waals surface area contributed by atoms with Gasteiger partial charge in [0, 0.05) is 45.4 Å². The van der Waals surface area contributed by atoms with E-state index in [0.717, 1.165) is 33.6 Å². The number of aryl methyl sites for hydroxylation is 2. The van der Waals surface area contributed by atoms with Gasteiger partial charge in [0.2, 0.25) is 11.8 Å². The number of nitrogens with zero attached hydrogens (tertiary/aromatic N) is 8. The Morgan fingerprint density at radius 1 is 0.588 bits per heavy atom. The molecule has 2 amide bonds. The summed E-state index contributed by atoms with van der Waals surface area (Å²) in [7, 11) is 1.62. The Morgan fingerprint density at radius 2 is 1.04 bits per heavy atom. The monoisotopic (exact) mass is 962 g/mol. The number of aromatic nitrogens is 6. The molecule has 0 radical (unpaired) electrons. The minimum Gasteiger partial charge on any atom is -0.497 e. The minimum atomic E-state index is -0.614. The van der Waals surface area contributed by atoms with E-state index in [9.17, 15) is 9.59 Å². The number of aliphatic imine (C=N–C) groups is 2. The fourth-order valence-electron chi connectivity index (χ4n) is 8.03. The van der Waals surface area contributed by atoms with E-state index in [0.29, 0.717) is 116 Å². The Hall–Kier alpha value is -6.50. The van der Waals surface area contributed by atoms with Crippen molar-refractivity contribution in [1.29, 1.82) is 0 Å². The summed E-state index contributed by atoms with van der Waals surface area (Å²) in [6.07, 6.45) is 0.162. The number of ether oxygens (including phenoxy) is 5. The molecule has 68 heavy (non-hydrogen) atoms. The largest absolute Gasteiger partial charge is 0.497 e. The van der Waals surface area contributed by atoms with E-state index >= 15 is 0 Å². The maximum Gasteiger partial charge on any atom is 0.222 e. The van der Waals surface area contributed by atoms with Gasteiger partial charge in [-0.15, -0.1) is 20.4 Å². The van der Waals surface area contributed by atoms with Crippen molar-refractivity contribution in [3.05, 3.63) is 141 Å². The summed E-state index contributed by atoms with van der Waals surface area (Å²) in [6.45, 7) is 8.86. The van der Waals surface area contributed by atoms with E-state index < -0.39 is 12.1 Å². The summed E-state index contributed by atoms with van der Waals surface area (Å²) in [5.41, 5.74) is 6.34. The molecule has 0 spiro atoms. The highest BCUT2D eigenvalue weighted by Crippen LogP contribution is 2.36. The Balaban J connectivity index is 0.773. The number of amides is 2. The molecule has 8 rings (SSSR count). The first-order valence-electron chi connectivity index (χ1n) is 22.4. The van der Waals surface area contributed by atoms with Gasteiger partial charge in [-0.3, -0.25) is 28.7 Å². The third-order valence-electron chi connectivity index (χ3n) is 11.2. The molecule has 0 aliphatic carbocycles. The van der Waals surface area contributed by atoms with Crippen LogP contribution in [0.2, 0.25) is 10.0 Å². The molecule has 0 saturated heterocycles. The van der Waals surface area contributed by atoms with Crippen molar-refractivity contribution in [2.45, 2.75) is 45.7 Å². The van der Waals surface area contributed by atoms with Crippen molar-refractivity contribution in [3.63, 3.8) is 0 Å². The first-order valence-corrected chi connectivity index (χ1v) is 23.1. The third-order valence-corrected chi connectivity index (χ3v) is 11.7. The maximum atomic E-state index is 13.3. The van der Waals surface area contributed by atoms with Crippen LogP contribution < -0.4 is 20.1 Å². The molecule has 1 unspecified atom stereocenters. The lowest BCUT2D eigenvalue weighted by Gasteiger charge is -2.15. The first kappa shape index (κ1) is 48.0. The van der Waals surface area contributed by atoms with Gasteiger partial charge in [0.05, 0.1) is 82.4 Å². The number of carbonyl (C=O) groups excluding carboxylic acids is 2. The summed E-state index contributed by atoms with van der Waals surface area (Å²) in [4.78, 5) is 36.3. The molecule has 2 N–H and O–H groups in total. The normalized spacial score (nSPS) is 14.9. The molecule has 0 bridgehead atoms. The van der Waals surface area contributed by atoms with E-state index in [-0.39, 0.29) is 24.7 Å². The van der Waals surface area contributed by atoms with Gasteiger partial charge in [-0.2, -0.15) is 0 Å². The lowest BCUT2D eigenvalue weighted by Crippen LogP contribution is -2.29. The molecule has 0 fully saturated rings. The van der Waals surface area contributed by atoms with Gasteiger partial charge in [0.15, 0.2) is 11.6 Å². The quantitative estimate of drug-likeness (QED) is 0.0728. The van der Waals surface area contributed by atoms with Gasteiger partial charge < -0.3 is 34.3 Å². The Labute approximate surface area is 403 Å². The Morgan fingerprint density at radius 3 is 1.54 bits per heavy atom. The number of rotatable bonds is 21. The molecular formula is C49H52Cl2N10O7. The lowest BCUT2D eigenvalue weighted by molar-refractivity contribution is -0.122. The van der Waals surface area contributed by atoms with Crippen molar-refractivity contribution in [2.24, 2.45) is 9.98 Å². The minimum absolute atomic E-state index is 0.0501. The number of halogens is 2. The zero-order valence-electron chi connectivity index (χ0n) is 38.2. The van der Waals surface area contributed by atoms with Crippen molar-refractivity contribution < 1.29 is 33.3 Å². The fourth-order valence-corrected chi connectivity index (χ4v) is 8.28. The van der Waals surface area contributed by atoms with Crippen molar-refractivity contribution >= 4 is 46.4 Å². The highest BCUT2D eigenvalue weighted by atomic mass is 35.5. The molecule has 354 valence electrons. The molecule has 0 saturated carbocycles. The van der Waals surface area contributed by atoms with Crippen LogP contribution in [0.5, 0.6) is 11.5 Å². The Kier molecular flexibility index (Phi) is 15.9. The van der Waals surface area contributed by atoms with Crippen molar-refractivity contribution in [2.75, 3.05) is 66.4 Å². The van der Waals surface area contributed by atoms with Gasteiger partial charge in [-0.05, 0) is 81.4 Å². The highest BCUT2D eigenvalue weighted by molar-refractivity contribution is 6.31. The summed E-state index contributed by atoms with van der Waals surface area (Å²) in [5.74, 6) is 3.47. The van der Waals surface area contributed by atoms with Crippen LogP contribution in [0.4, 0.5) is 0 Å². The van der Waals surface area contributed by atoms with Gasteiger partial charge in [-0.25, -0.2) is 0 Å². The van der Waals surface area contributed by atoms with E-state index in [4.69, 9.17) is 56.9 Å². The predicted molar refractivity (Wildman–Crippen MR) is 257 cm³/mol. The summed E-state index contributed by atoms with van der Waals surface area (Å²) >= 11 is 12.5. The topological polar surface area (TPSA) is 190 Å². The molecule has 17 nitrogen and oxygen atoms in total. The van der Waals surface area contributed by atoms with E-state index in [1.54, 1.807) is 7.11 Å². The second kappa shape index (κ2) is 22.5. The zero-order chi connectivity index (χ0) is 47.6. The van der Waals surface area contributed by atoms with E-state index in [2.05, 4.69) is 31.0 Å². The fraction of sp³-hybridized carbons (Fsp3) is 0.347. The molecule has 6 aromatic rings. The summed E-state index contributed by atoms with van der Waals surface area (Å²) in [6, 6.07) is 25.2. The Bertz CT molecular complexity index is 2790. The second-order valence-corrected chi connectivity index (χ2v) is 16.7. The molecule has 2 aliphatic heterocycles. The maximum absolute atomic E-state index is 13.3. The number of nitrogens with one attached hydrogen (secondary N) is 2. The first-order chi connectivity index (χ1) is 33.1. The third kappa shape index (κ3) is 11.3. The summed E-state index contributed by atoms with van der Waals surface area (Å²) < 4.78 is 32.8. The number of carbonyl (C=O) groups is 2. The molecule has 2 atom stereocenters. The molecule has 2 aromatic heterocycles. The molecule has 19 heteroatoms. The van der Waals surface area contributed by atoms with Gasteiger partial charge in [0.1, 0.15) is 41.8 Å². The second-order valence-electron chi connectivity index (χ2n) is 15.8. The average molecular weight is 964 g/mol. The zero-order valence-corrected chi connectivity index (χ0v) is 39.7. The van der Waals surface area contributed by atoms with Crippen LogP contribution in [0.1, 0.15) is 77.4 Å². The number of hydrogen-bond donors (Lipinski definition) is 2. The molecular weight excluding hydrogens is 912 g/mol. The van der Waals surface area contributed by atoms with Gasteiger partial charge in [0.25, 0.3) is 0 Å². The van der Waals surface area contributed by atoms with Crippen LogP contribution in [-0.4, -0.2) is 119 Å². The van der Waals surface area contributed by atoms with Gasteiger partial charge in [-0.1, -0.05) is 47.5 Å². The van der Waals surface area contributed by atoms with Crippen molar-refractivity contribution in [1.82, 2.24) is 40.2 Å². The van der Waals surface area contributed by atoms with E-state index in [1.165, 1.54) is 0 Å². The number of methoxy groups -OCH3 is 1. The van der Waals surface area contributed by atoms with Crippen LogP contribution >= 0.6 is 23.2 Å². The molecule has 4 heterocycles. The van der Waals surface area contributed by atoms with Crippen molar-refractivity contribution in [3.8, 4) is 22.9 Å². The number of hydrogen-bond acceptors (Lipinski definition) is 13. The van der Waals surface area contributed by atoms with E-state index in [1.807, 2.05) is 115 Å². The van der Waals surface area contributed by atoms with Crippen LogP contribution in [0.3, 0.4) is 0 Å². The highest BCUT2D eigenvalue weighted by Gasteiger charge is 2.32. The SMILES string of the molecule is CCNC(=O)C[C@H]1N=C(c2ccc(Cl)cc2)c2cc(OCCOCCOCCOCCNC(=O)CC3N=C(c4ccc(Cl)cc4)c4cc(OC)ccc4-n4c(C)nnc43)ccc2-n2c(C)nnc21. The number of benzene rings is 4. The molecule has 2 aliphatic rings. The lowest BCUT2D eigenvalue weighted by atomic mass is 10.00. The summed E-state index contributed by atoms with van der Waals surface area (Å²) in [5, 5.41) is 24.6. The van der Waals surface area contributed by atoms with Crippen LogP contribution in [0.25, 0.3) is 11.4 Å². The van der Waals surface area contributed by atoms with Crippen LogP contribution in [-0.2, 0) is 23.8 Å². The standard InChI is InChI=1S/C49H52Cl2N10O7/c1-5-52-44(62)28-40-48-58-57-31(3)61(48)43-17-15-37(27-39(43)47(54-40)33-8-12-35(51)13-9-33)68-25-24-67-23-22-66-21-20-65-19-18-53-45(63)29-41-49-59-56-30(2)60(49)42-16-14-36(64-4)26-38(42)46(55-41)32-6-10-34(50)11-7-32/h6-17,26-27,40-41H,5,18-25,28-29H2,1-4H3,(H,52,62)(H,53,63)/t40-,41?/m1/s1.